The predicted molar refractivity (Wildman–Crippen MR) is 67.4 cm³/mol. The zero-order chi connectivity index (χ0) is 12.5. The van der Waals surface area contributed by atoms with E-state index in [2.05, 4.69) is 0 Å². The molecule has 1 aromatic carbocycles. The van der Waals surface area contributed by atoms with Gasteiger partial charge in [0.15, 0.2) is 0 Å². The summed E-state index contributed by atoms with van der Waals surface area (Å²) in [5.41, 5.74) is 2.51. The quantitative estimate of drug-likeness (QED) is 0.742. The van der Waals surface area contributed by atoms with Crippen LogP contribution in [0.2, 0.25) is 0 Å². The Hall–Kier alpha value is -2.16. The topological polar surface area (TPSA) is 37.4 Å². The zero-order valence-electron chi connectivity index (χ0n) is 9.93. The number of hydrogen-bond donors (Lipinski definition) is 0. The van der Waals surface area contributed by atoms with Crippen LogP contribution in [0.25, 0.3) is 0 Å². The third-order valence-corrected chi connectivity index (χ3v) is 3.34. The molecule has 1 aliphatic heterocycles. The SMILES string of the molecule is O=C1C(=O)N(Cc2ccccc2)C2=C1C=CCC2. The highest BCUT2D eigenvalue weighted by atomic mass is 16.2. The molecule has 1 amide bonds. The van der Waals surface area contributed by atoms with Gasteiger partial charge in [-0.1, -0.05) is 42.5 Å². The summed E-state index contributed by atoms with van der Waals surface area (Å²) in [6.07, 6.45) is 5.40. The second kappa shape index (κ2) is 4.26. The molecule has 0 spiro atoms. The normalized spacial score (nSPS) is 18.6. The van der Waals surface area contributed by atoms with Gasteiger partial charge in [0, 0.05) is 11.3 Å². The van der Waals surface area contributed by atoms with Crippen molar-refractivity contribution in [2.24, 2.45) is 0 Å². The van der Waals surface area contributed by atoms with E-state index in [1.54, 1.807) is 11.0 Å². The molecule has 0 bridgehead atoms. The summed E-state index contributed by atoms with van der Waals surface area (Å²) in [5.74, 6) is -0.757. The number of hydrogen-bond acceptors (Lipinski definition) is 2. The smallest absolute Gasteiger partial charge is 0.299 e. The highest BCUT2D eigenvalue weighted by Crippen LogP contribution is 2.30. The first-order valence-electron chi connectivity index (χ1n) is 6.07. The summed E-state index contributed by atoms with van der Waals surface area (Å²) >= 11 is 0. The molecule has 0 fully saturated rings. The van der Waals surface area contributed by atoms with Crippen molar-refractivity contribution in [3.05, 3.63) is 59.3 Å². The molecule has 3 nitrogen and oxygen atoms in total. The number of carbonyl (C=O) groups is 2. The van der Waals surface area contributed by atoms with Crippen molar-refractivity contribution in [1.82, 2.24) is 4.90 Å². The Morgan fingerprint density at radius 1 is 1.11 bits per heavy atom. The number of ketones is 1. The van der Waals surface area contributed by atoms with E-state index in [-0.39, 0.29) is 5.78 Å². The van der Waals surface area contributed by atoms with Gasteiger partial charge in [0.2, 0.25) is 0 Å². The van der Waals surface area contributed by atoms with Crippen molar-refractivity contribution in [1.29, 1.82) is 0 Å². The van der Waals surface area contributed by atoms with E-state index in [0.717, 1.165) is 24.1 Å². The molecule has 0 aromatic heterocycles. The number of rotatable bonds is 2. The van der Waals surface area contributed by atoms with Crippen LogP contribution in [-0.2, 0) is 16.1 Å². The maximum Gasteiger partial charge on any atom is 0.299 e. The molecule has 0 atom stereocenters. The average molecular weight is 239 g/mol. The molecule has 0 unspecified atom stereocenters. The lowest BCUT2D eigenvalue weighted by Crippen LogP contribution is -2.28. The summed E-state index contributed by atoms with van der Waals surface area (Å²) in [4.78, 5) is 25.4. The minimum absolute atomic E-state index is 0.364. The Balaban J connectivity index is 1.92. The fraction of sp³-hybridized carbons (Fsp3) is 0.200. The lowest BCUT2D eigenvalue weighted by Gasteiger charge is -2.20. The fourth-order valence-electron chi connectivity index (χ4n) is 2.43. The van der Waals surface area contributed by atoms with Crippen LogP contribution in [0.15, 0.2) is 53.8 Å². The lowest BCUT2D eigenvalue weighted by atomic mass is 10.0. The van der Waals surface area contributed by atoms with E-state index in [4.69, 9.17) is 0 Å². The maximum absolute atomic E-state index is 12.0. The van der Waals surface area contributed by atoms with Gasteiger partial charge in [0.1, 0.15) is 0 Å². The van der Waals surface area contributed by atoms with Gasteiger partial charge in [-0.2, -0.15) is 0 Å². The molecule has 0 saturated carbocycles. The molecular weight excluding hydrogens is 226 g/mol. The van der Waals surface area contributed by atoms with Crippen molar-refractivity contribution >= 4 is 11.7 Å². The maximum atomic E-state index is 12.0. The molecule has 0 N–H and O–H groups in total. The largest absolute Gasteiger partial charge is 0.304 e. The number of allylic oxidation sites excluding steroid dienone is 3. The first-order chi connectivity index (χ1) is 8.77. The minimum atomic E-state index is -0.393. The summed E-state index contributed by atoms with van der Waals surface area (Å²) in [6, 6.07) is 9.75. The van der Waals surface area contributed by atoms with Crippen LogP contribution >= 0.6 is 0 Å². The highest BCUT2D eigenvalue weighted by molar-refractivity contribution is 6.46. The predicted octanol–water partition coefficient (Wildman–Crippen LogP) is 2.20. The third-order valence-electron chi connectivity index (χ3n) is 3.34. The average Bonchev–Trinajstić information content (AvgIpc) is 2.66. The molecule has 3 rings (SSSR count). The second-order valence-corrected chi connectivity index (χ2v) is 4.51. The van der Waals surface area contributed by atoms with Crippen molar-refractivity contribution in [2.45, 2.75) is 19.4 Å². The molecule has 0 saturated heterocycles. The fourth-order valence-corrected chi connectivity index (χ4v) is 2.43. The Morgan fingerprint density at radius 3 is 2.67 bits per heavy atom. The summed E-state index contributed by atoms with van der Waals surface area (Å²) < 4.78 is 0. The van der Waals surface area contributed by atoms with E-state index < -0.39 is 5.91 Å². The minimum Gasteiger partial charge on any atom is -0.304 e. The molecule has 3 heteroatoms. The van der Waals surface area contributed by atoms with Gasteiger partial charge in [-0.25, -0.2) is 0 Å². The van der Waals surface area contributed by atoms with Crippen molar-refractivity contribution in [2.75, 3.05) is 0 Å². The first kappa shape index (κ1) is 11.0. The molecule has 18 heavy (non-hydrogen) atoms. The van der Waals surface area contributed by atoms with E-state index >= 15 is 0 Å². The molecule has 1 aliphatic carbocycles. The summed E-state index contributed by atoms with van der Waals surface area (Å²) in [5, 5.41) is 0. The Bertz CT molecular complexity index is 569. The number of carbonyl (C=O) groups excluding carboxylic acids is 2. The molecule has 1 aromatic rings. The van der Waals surface area contributed by atoms with Gasteiger partial charge in [0.25, 0.3) is 11.7 Å². The molecule has 1 heterocycles. The van der Waals surface area contributed by atoms with Crippen LogP contribution < -0.4 is 0 Å². The van der Waals surface area contributed by atoms with Gasteiger partial charge in [0.05, 0.1) is 6.54 Å². The number of amides is 1. The van der Waals surface area contributed by atoms with Gasteiger partial charge in [-0.05, 0) is 18.4 Å². The second-order valence-electron chi connectivity index (χ2n) is 4.51. The Morgan fingerprint density at radius 2 is 1.89 bits per heavy atom. The summed E-state index contributed by atoms with van der Waals surface area (Å²) in [6.45, 7) is 0.484. The summed E-state index contributed by atoms with van der Waals surface area (Å²) in [7, 11) is 0. The van der Waals surface area contributed by atoms with Crippen LogP contribution in [0.4, 0.5) is 0 Å². The lowest BCUT2D eigenvalue weighted by molar-refractivity contribution is -0.139. The van der Waals surface area contributed by atoms with Crippen molar-refractivity contribution < 1.29 is 9.59 Å². The van der Waals surface area contributed by atoms with Crippen LogP contribution in [0.5, 0.6) is 0 Å². The van der Waals surface area contributed by atoms with Gasteiger partial charge < -0.3 is 4.90 Å². The highest BCUT2D eigenvalue weighted by Gasteiger charge is 2.37. The first-order valence-corrected chi connectivity index (χ1v) is 6.07. The monoisotopic (exact) mass is 239 g/mol. The van der Waals surface area contributed by atoms with E-state index in [1.165, 1.54) is 0 Å². The van der Waals surface area contributed by atoms with E-state index in [1.807, 2.05) is 36.4 Å². The zero-order valence-corrected chi connectivity index (χ0v) is 9.93. The van der Waals surface area contributed by atoms with E-state index in [0.29, 0.717) is 12.1 Å². The Kier molecular flexibility index (Phi) is 2.59. The number of Topliss-reactive ketones (excluding diaryl/α,β-unsaturated/α-hetero) is 1. The van der Waals surface area contributed by atoms with Crippen LogP contribution in [-0.4, -0.2) is 16.6 Å². The Labute approximate surface area is 105 Å². The molecule has 90 valence electrons. The van der Waals surface area contributed by atoms with E-state index in [9.17, 15) is 9.59 Å². The third kappa shape index (κ3) is 1.68. The van der Waals surface area contributed by atoms with Gasteiger partial charge in [-0.15, -0.1) is 0 Å². The van der Waals surface area contributed by atoms with Gasteiger partial charge in [-0.3, -0.25) is 9.59 Å². The molecule has 2 aliphatic rings. The number of benzene rings is 1. The van der Waals surface area contributed by atoms with Crippen LogP contribution in [0.3, 0.4) is 0 Å². The molecular formula is C15H13NO2. The van der Waals surface area contributed by atoms with Crippen LogP contribution in [0.1, 0.15) is 18.4 Å². The standard InChI is InChI=1S/C15H13NO2/c17-14-12-8-4-5-9-13(12)16(15(14)18)10-11-6-2-1-3-7-11/h1-4,6-8H,5,9-10H2. The van der Waals surface area contributed by atoms with Crippen molar-refractivity contribution in [3.63, 3.8) is 0 Å². The van der Waals surface area contributed by atoms with Crippen LogP contribution in [0, 0.1) is 0 Å². The van der Waals surface area contributed by atoms with Gasteiger partial charge >= 0.3 is 0 Å². The van der Waals surface area contributed by atoms with Crippen molar-refractivity contribution in [3.8, 4) is 0 Å². The number of nitrogens with zero attached hydrogens (tertiary/aromatic N) is 1. The molecule has 0 radical (unpaired) electrons.